The Morgan fingerprint density at radius 2 is 1.79 bits per heavy atom. The van der Waals surface area contributed by atoms with E-state index in [0.29, 0.717) is 10.1 Å². The first-order chi connectivity index (χ1) is 13.9. The first-order valence-electron chi connectivity index (χ1n) is 9.53. The van der Waals surface area contributed by atoms with Gasteiger partial charge >= 0.3 is 0 Å². The van der Waals surface area contributed by atoms with Crippen molar-refractivity contribution in [2.24, 2.45) is 4.99 Å². The van der Waals surface area contributed by atoms with Crippen molar-refractivity contribution in [3.8, 4) is 5.69 Å². The highest BCUT2D eigenvalue weighted by Crippen LogP contribution is 2.31. The summed E-state index contributed by atoms with van der Waals surface area (Å²) in [5.41, 5.74) is 7.59. The van der Waals surface area contributed by atoms with Crippen LogP contribution in [0.3, 0.4) is 0 Å². The first-order valence-corrected chi connectivity index (χ1v) is 10.4. The summed E-state index contributed by atoms with van der Waals surface area (Å²) in [7, 11) is 0. The summed E-state index contributed by atoms with van der Waals surface area (Å²) in [6.07, 6.45) is 1.95. The summed E-state index contributed by atoms with van der Waals surface area (Å²) < 4.78 is 2.22. The van der Waals surface area contributed by atoms with E-state index in [1.807, 2.05) is 37.3 Å². The Balaban J connectivity index is 1.66. The van der Waals surface area contributed by atoms with Crippen molar-refractivity contribution >= 4 is 34.6 Å². The van der Waals surface area contributed by atoms with Gasteiger partial charge in [-0.2, -0.15) is 0 Å². The maximum atomic E-state index is 12.5. The Hall–Kier alpha value is -3.05. The minimum atomic E-state index is -0.109. The minimum Gasteiger partial charge on any atom is -0.318 e. The van der Waals surface area contributed by atoms with Crippen molar-refractivity contribution in [1.82, 2.24) is 9.88 Å². The van der Waals surface area contributed by atoms with Crippen molar-refractivity contribution in [1.29, 1.82) is 0 Å². The van der Waals surface area contributed by atoms with Crippen LogP contribution >= 0.6 is 11.8 Å². The quantitative estimate of drug-likeness (QED) is 0.581. The first kappa shape index (κ1) is 19.3. The third-order valence-corrected chi connectivity index (χ3v) is 5.91. The Bertz CT molecular complexity index is 1170. The maximum absolute atomic E-state index is 12.5. The van der Waals surface area contributed by atoms with Crippen LogP contribution in [-0.2, 0) is 4.79 Å². The molecule has 1 saturated heterocycles. The maximum Gasteiger partial charge on any atom is 0.264 e. The second-order valence-electron chi connectivity index (χ2n) is 7.27. The summed E-state index contributed by atoms with van der Waals surface area (Å²) in [6, 6.07) is 18.4. The van der Waals surface area contributed by atoms with Gasteiger partial charge < -0.3 is 9.88 Å². The summed E-state index contributed by atoms with van der Waals surface area (Å²) in [5, 5.41) is 3.49. The van der Waals surface area contributed by atoms with Gasteiger partial charge in [0.05, 0.1) is 10.6 Å². The normalized spacial score (nSPS) is 16.6. The topological polar surface area (TPSA) is 46.4 Å². The van der Waals surface area contributed by atoms with Crippen LogP contribution in [0.25, 0.3) is 11.8 Å². The number of aromatic nitrogens is 1. The van der Waals surface area contributed by atoms with Crippen LogP contribution in [0.1, 0.15) is 28.1 Å². The van der Waals surface area contributed by atoms with Crippen molar-refractivity contribution < 1.29 is 4.79 Å². The molecule has 1 aliphatic rings. The van der Waals surface area contributed by atoms with Crippen LogP contribution in [-0.4, -0.2) is 15.6 Å². The molecule has 1 aliphatic heterocycles. The number of amidine groups is 1. The highest BCUT2D eigenvalue weighted by Gasteiger charge is 2.24. The summed E-state index contributed by atoms with van der Waals surface area (Å²) in [4.78, 5) is 17.8. The molecule has 4 nitrogen and oxygen atoms in total. The lowest BCUT2D eigenvalue weighted by Gasteiger charge is -2.10. The number of benzene rings is 2. The van der Waals surface area contributed by atoms with E-state index in [0.717, 1.165) is 33.9 Å². The number of nitrogens with zero attached hydrogens (tertiary/aromatic N) is 2. The third-order valence-electron chi connectivity index (χ3n) is 5.01. The highest BCUT2D eigenvalue weighted by molar-refractivity contribution is 8.18. The van der Waals surface area contributed by atoms with E-state index in [9.17, 15) is 4.79 Å². The molecule has 0 radical (unpaired) electrons. The molecule has 0 saturated carbocycles. The number of carbonyl (C=O) groups excluding carboxylic acids is 1. The molecule has 2 heterocycles. The molecule has 4 rings (SSSR count). The molecule has 1 aromatic heterocycles. The fraction of sp³-hybridized carbons (Fsp3) is 0.167. The van der Waals surface area contributed by atoms with E-state index in [-0.39, 0.29) is 5.91 Å². The average molecular weight is 402 g/mol. The predicted molar refractivity (Wildman–Crippen MR) is 122 cm³/mol. The molecule has 0 aliphatic carbocycles. The van der Waals surface area contributed by atoms with E-state index in [1.54, 1.807) is 0 Å². The Morgan fingerprint density at radius 1 is 1.00 bits per heavy atom. The molecule has 146 valence electrons. The monoisotopic (exact) mass is 401 g/mol. The van der Waals surface area contributed by atoms with Gasteiger partial charge in [0.1, 0.15) is 0 Å². The number of carbonyl (C=O) groups is 1. The highest BCUT2D eigenvalue weighted by atomic mass is 32.2. The molecule has 0 bridgehead atoms. The number of aliphatic imine (C=N–C) groups is 1. The molecular formula is C24H23N3OS. The molecule has 1 N–H and O–H groups in total. The Morgan fingerprint density at radius 3 is 2.55 bits per heavy atom. The number of hydrogen-bond donors (Lipinski definition) is 1. The van der Waals surface area contributed by atoms with Gasteiger partial charge in [-0.3, -0.25) is 4.79 Å². The molecule has 1 fully saturated rings. The van der Waals surface area contributed by atoms with E-state index in [4.69, 9.17) is 0 Å². The van der Waals surface area contributed by atoms with Gasteiger partial charge in [0.15, 0.2) is 5.17 Å². The minimum absolute atomic E-state index is 0.109. The largest absolute Gasteiger partial charge is 0.318 e. The van der Waals surface area contributed by atoms with E-state index in [2.05, 4.69) is 66.0 Å². The Kier molecular flexibility index (Phi) is 5.16. The number of para-hydroxylation sites is 1. The SMILES string of the molecule is Cc1cccc(-n2c(C)cc(/C=C3\SC(=Nc4ccccc4C)NC3=O)c2C)c1. The summed E-state index contributed by atoms with van der Waals surface area (Å²) in [5.74, 6) is -0.109. The van der Waals surface area contributed by atoms with Gasteiger partial charge in [-0.05, 0) is 86.5 Å². The van der Waals surface area contributed by atoms with Gasteiger partial charge in [-0.15, -0.1) is 0 Å². The smallest absolute Gasteiger partial charge is 0.264 e. The van der Waals surface area contributed by atoms with Crippen molar-refractivity contribution in [3.63, 3.8) is 0 Å². The average Bonchev–Trinajstić information content (AvgIpc) is 3.16. The van der Waals surface area contributed by atoms with Gasteiger partial charge in [-0.1, -0.05) is 30.3 Å². The number of amides is 1. The lowest BCUT2D eigenvalue weighted by atomic mass is 10.2. The number of nitrogens with one attached hydrogen (secondary N) is 1. The van der Waals surface area contributed by atoms with Crippen molar-refractivity contribution in [2.45, 2.75) is 27.7 Å². The molecule has 29 heavy (non-hydrogen) atoms. The van der Waals surface area contributed by atoms with Crippen LogP contribution in [0.15, 0.2) is 64.5 Å². The van der Waals surface area contributed by atoms with Crippen LogP contribution in [0.5, 0.6) is 0 Å². The van der Waals surface area contributed by atoms with Crippen molar-refractivity contribution in [3.05, 3.63) is 87.6 Å². The van der Waals surface area contributed by atoms with Gasteiger partial charge in [-0.25, -0.2) is 4.99 Å². The fourth-order valence-corrected chi connectivity index (χ4v) is 4.34. The van der Waals surface area contributed by atoms with Gasteiger partial charge in [0.25, 0.3) is 5.91 Å². The van der Waals surface area contributed by atoms with Crippen LogP contribution < -0.4 is 5.32 Å². The van der Waals surface area contributed by atoms with Crippen LogP contribution in [0.4, 0.5) is 5.69 Å². The standard InChI is InChI=1S/C24H23N3OS/c1-15-8-7-10-20(12-15)27-17(3)13-19(18(27)4)14-22-23(28)26-24(29-22)25-21-11-6-5-9-16(21)2/h5-14H,1-4H3,(H,25,26,28)/b22-14-. The number of rotatable bonds is 3. The van der Waals surface area contributed by atoms with Crippen molar-refractivity contribution in [2.75, 3.05) is 0 Å². The summed E-state index contributed by atoms with van der Waals surface area (Å²) in [6.45, 7) is 8.28. The van der Waals surface area contributed by atoms with Crippen LogP contribution in [0.2, 0.25) is 0 Å². The zero-order chi connectivity index (χ0) is 20.5. The number of thioether (sulfide) groups is 1. The molecular weight excluding hydrogens is 378 g/mol. The second-order valence-corrected chi connectivity index (χ2v) is 8.30. The van der Waals surface area contributed by atoms with E-state index >= 15 is 0 Å². The van der Waals surface area contributed by atoms with Gasteiger partial charge in [0, 0.05) is 17.1 Å². The second kappa shape index (κ2) is 7.76. The molecule has 0 atom stereocenters. The molecule has 0 unspecified atom stereocenters. The fourth-order valence-electron chi connectivity index (χ4n) is 3.52. The molecule has 1 amide bonds. The van der Waals surface area contributed by atoms with Crippen LogP contribution in [0, 0.1) is 27.7 Å². The third kappa shape index (κ3) is 3.91. The predicted octanol–water partition coefficient (Wildman–Crippen LogP) is 5.60. The Labute approximate surface area is 175 Å². The molecule has 0 spiro atoms. The molecule has 2 aromatic carbocycles. The molecule has 5 heteroatoms. The number of hydrogen-bond acceptors (Lipinski definition) is 3. The lowest BCUT2D eigenvalue weighted by Crippen LogP contribution is -2.19. The lowest BCUT2D eigenvalue weighted by molar-refractivity contribution is -0.115. The van der Waals surface area contributed by atoms with E-state index in [1.165, 1.54) is 17.3 Å². The summed E-state index contributed by atoms with van der Waals surface area (Å²) >= 11 is 1.38. The zero-order valence-corrected chi connectivity index (χ0v) is 17.8. The molecule has 3 aromatic rings. The van der Waals surface area contributed by atoms with E-state index < -0.39 is 0 Å². The number of aryl methyl sites for hydroxylation is 3. The van der Waals surface area contributed by atoms with Gasteiger partial charge in [0.2, 0.25) is 0 Å². The zero-order valence-electron chi connectivity index (χ0n) is 17.0.